The maximum atomic E-state index is 3.40. The highest BCUT2D eigenvalue weighted by atomic mass is 28.2. The molecule has 0 aliphatic carbocycles. The molecule has 0 aromatic heterocycles. The molecule has 0 saturated heterocycles. The number of hydrogen-bond donors (Lipinski definition) is 1. The standard InChI is InChI=1S/C8H13NSi/c1-10-9-7-8-5-3-2-4-6-8/h2-6,9H,7,10H2,1H3. The summed E-state index contributed by atoms with van der Waals surface area (Å²) in [6.07, 6.45) is 0. The molecule has 0 aliphatic rings. The Morgan fingerprint density at radius 3 is 2.60 bits per heavy atom. The Hall–Kier alpha value is -0.603. The molecule has 1 N–H and O–H groups in total. The lowest BCUT2D eigenvalue weighted by Gasteiger charge is -1.99. The topological polar surface area (TPSA) is 12.0 Å². The van der Waals surface area contributed by atoms with Crippen molar-refractivity contribution in [1.82, 2.24) is 4.98 Å². The zero-order valence-corrected chi connectivity index (χ0v) is 7.72. The first-order valence-corrected chi connectivity index (χ1v) is 5.80. The van der Waals surface area contributed by atoms with E-state index in [-0.39, 0.29) is 9.68 Å². The van der Waals surface area contributed by atoms with Crippen molar-refractivity contribution in [1.29, 1.82) is 0 Å². The molecular weight excluding hydrogens is 138 g/mol. The van der Waals surface area contributed by atoms with Crippen LogP contribution in [0.25, 0.3) is 0 Å². The predicted molar refractivity (Wildman–Crippen MR) is 47.7 cm³/mol. The van der Waals surface area contributed by atoms with Crippen LogP contribution in [0, 0.1) is 0 Å². The maximum Gasteiger partial charge on any atom is 0.0888 e. The van der Waals surface area contributed by atoms with Gasteiger partial charge in [0.15, 0.2) is 0 Å². The van der Waals surface area contributed by atoms with Crippen LogP contribution in [0.2, 0.25) is 6.55 Å². The molecule has 0 aliphatic heterocycles. The predicted octanol–water partition coefficient (Wildman–Crippen LogP) is 0.908. The summed E-state index contributed by atoms with van der Waals surface area (Å²) < 4.78 is 0. The fourth-order valence-electron chi connectivity index (χ4n) is 0.865. The Balaban J connectivity index is 2.43. The minimum absolute atomic E-state index is 0.0202. The normalized spacial score (nSPS) is 10.9. The van der Waals surface area contributed by atoms with Gasteiger partial charge in [0.1, 0.15) is 0 Å². The van der Waals surface area contributed by atoms with Crippen molar-refractivity contribution < 1.29 is 0 Å². The van der Waals surface area contributed by atoms with Gasteiger partial charge in [0.25, 0.3) is 0 Å². The van der Waals surface area contributed by atoms with Crippen LogP contribution < -0.4 is 4.98 Å². The molecule has 1 aromatic rings. The molecule has 0 radical (unpaired) electrons. The van der Waals surface area contributed by atoms with E-state index in [4.69, 9.17) is 0 Å². The summed E-state index contributed by atoms with van der Waals surface area (Å²) in [7, 11) is 0.0202. The molecule has 1 rings (SSSR count). The third-order valence-electron chi connectivity index (χ3n) is 1.42. The molecular formula is C8H13NSi. The number of rotatable bonds is 3. The van der Waals surface area contributed by atoms with Crippen LogP contribution in [0.4, 0.5) is 0 Å². The molecule has 0 fully saturated rings. The van der Waals surface area contributed by atoms with Crippen molar-refractivity contribution in [2.75, 3.05) is 0 Å². The summed E-state index contributed by atoms with van der Waals surface area (Å²) in [5.41, 5.74) is 1.39. The lowest BCUT2D eigenvalue weighted by Crippen LogP contribution is -2.14. The molecule has 0 spiro atoms. The molecule has 10 heavy (non-hydrogen) atoms. The molecule has 0 atom stereocenters. The lowest BCUT2D eigenvalue weighted by atomic mass is 10.2. The minimum Gasteiger partial charge on any atom is -0.339 e. The zero-order valence-electron chi connectivity index (χ0n) is 6.30. The first-order valence-electron chi connectivity index (χ1n) is 3.68. The van der Waals surface area contributed by atoms with Gasteiger partial charge in [-0.1, -0.05) is 36.9 Å². The van der Waals surface area contributed by atoms with Gasteiger partial charge in [0.2, 0.25) is 0 Å². The summed E-state index contributed by atoms with van der Waals surface area (Å²) in [5, 5.41) is 0. The van der Waals surface area contributed by atoms with Crippen molar-refractivity contribution in [3.8, 4) is 0 Å². The van der Waals surface area contributed by atoms with Crippen LogP contribution in [0.15, 0.2) is 30.3 Å². The Morgan fingerprint density at radius 1 is 1.30 bits per heavy atom. The summed E-state index contributed by atoms with van der Waals surface area (Å²) in [4.78, 5) is 3.40. The summed E-state index contributed by atoms with van der Waals surface area (Å²) in [6, 6.07) is 10.5. The number of hydrogen-bond acceptors (Lipinski definition) is 1. The van der Waals surface area contributed by atoms with Gasteiger partial charge in [0, 0.05) is 6.54 Å². The SMILES string of the molecule is C[SiH2]NCc1ccccc1. The summed E-state index contributed by atoms with van der Waals surface area (Å²) in [6.45, 7) is 3.30. The molecule has 0 saturated carbocycles. The van der Waals surface area contributed by atoms with Gasteiger partial charge in [-0.2, -0.15) is 0 Å². The Bertz CT molecular complexity index is 174. The Labute approximate surface area is 64.4 Å². The Kier molecular flexibility index (Phi) is 3.19. The van der Waals surface area contributed by atoms with Crippen LogP contribution >= 0.6 is 0 Å². The van der Waals surface area contributed by atoms with Gasteiger partial charge in [-0.3, -0.25) is 0 Å². The number of nitrogens with one attached hydrogen (secondary N) is 1. The smallest absolute Gasteiger partial charge is 0.0888 e. The fraction of sp³-hybridized carbons (Fsp3) is 0.250. The third kappa shape index (κ3) is 2.33. The van der Waals surface area contributed by atoms with Crippen LogP contribution in [-0.4, -0.2) is 9.68 Å². The molecule has 54 valence electrons. The molecule has 0 heterocycles. The van der Waals surface area contributed by atoms with Gasteiger partial charge in [-0.15, -0.1) is 0 Å². The van der Waals surface area contributed by atoms with Crippen molar-refractivity contribution in [3.63, 3.8) is 0 Å². The van der Waals surface area contributed by atoms with Crippen molar-refractivity contribution in [3.05, 3.63) is 35.9 Å². The molecule has 0 amide bonds. The molecule has 1 nitrogen and oxygen atoms in total. The van der Waals surface area contributed by atoms with E-state index in [0.29, 0.717) is 0 Å². The molecule has 2 heteroatoms. The minimum atomic E-state index is 0.0202. The van der Waals surface area contributed by atoms with Crippen LogP contribution in [-0.2, 0) is 6.54 Å². The van der Waals surface area contributed by atoms with Gasteiger partial charge in [-0.25, -0.2) is 0 Å². The highest BCUT2D eigenvalue weighted by Gasteiger charge is 1.85. The van der Waals surface area contributed by atoms with E-state index >= 15 is 0 Å². The second-order valence-electron chi connectivity index (χ2n) is 2.27. The maximum absolute atomic E-state index is 3.40. The van der Waals surface area contributed by atoms with Crippen molar-refractivity contribution >= 4 is 9.68 Å². The molecule has 1 aromatic carbocycles. The van der Waals surface area contributed by atoms with Gasteiger partial charge >= 0.3 is 0 Å². The third-order valence-corrected chi connectivity index (χ3v) is 2.17. The van der Waals surface area contributed by atoms with Crippen LogP contribution in [0.1, 0.15) is 5.56 Å². The molecule has 0 bridgehead atoms. The van der Waals surface area contributed by atoms with E-state index in [0.717, 1.165) is 6.54 Å². The first-order chi connectivity index (χ1) is 4.93. The second kappa shape index (κ2) is 4.25. The van der Waals surface area contributed by atoms with E-state index in [1.165, 1.54) is 5.56 Å². The average Bonchev–Trinajstić information content (AvgIpc) is 2.03. The quantitative estimate of drug-likeness (QED) is 0.633. The van der Waals surface area contributed by atoms with E-state index in [2.05, 4.69) is 35.8 Å². The average molecular weight is 151 g/mol. The van der Waals surface area contributed by atoms with E-state index in [1.807, 2.05) is 6.07 Å². The van der Waals surface area contributed by atoms with E-state index < -0.39 is 0 Å². The number of benzene rings is 1. The van der Waals surface area contributed by atoms with Crippen LogP contribution in [0.5, 0.6) is 0 Å². The second-order valence-corrected chi connectivity index (χ2v) is 3.47. The largest absolute Gasteiger partial charge is 0.339 e. The van der Waals surface area contributed by atoms with E-state index in [9.17, 15) is 0 Å². The van der Waals surface area contributed by atoms with Gasteiger partial charge in [-0.05, 0) is 5.56 Å². The lowest BCUT2D eigenvalue weighted by molar-refractivity contribution is 0.950. The Morgan fingerprint density at radius 2 is 2.00 bits per heavy atom. The summed E-state index contributed by atoms with van der Waals surface area (Å²) >= 11 is 0. The van der Waals surface area contributed by atoms with Crippen molar-refractivity contribution in [2.45, 2.75) is 13.1 Å². The van der Waals surface area contributed by atoms with Crippen molar-refractivity contribution in [2.24, 2.45) is 0 Å². The molecule has 0 unspecified atom stereocenters. The van der Waals surface area contributed by atoms with Gasteiger partial charge < -0.3 is 4.98 Å². The monoisotopic (exact) mass is 151 g/mol. The van der Waals surface area contributed by atoms with Gasteiger partial charge in [0.05, 0.1) is 9.68 Å². The highest BCUT2D eigenvalue weighted by molar-refractivity contribution is 6.29. The van der Waals surface area contributed by atoms with E-state index in [1.54, 1.807) is 0 Å². The summed E-state index contributed by atoms with van der Waals surface area (Å²) in [5.74, 6) is 0. The fourth-order valence-corrected chi connectivity index (χ4v) is 1.40. The highest BCUT2D eigenvalue weighted by Crippen LogP contribution is 1.95. The van der Waals surface area contributed by atoms with Crippen LogP contribution in [0.3, 0.4) is 0 Å². The zero-order chi connectivity index (χ0) is 7.23. The first kappa shape index (κ1) is 7.50.